The Hall–Kier alpha value is -4.28. The van der Waals surface area contributed by atoms with Crippen molar-refractivity contribution in [3.05, 3.63) is 57.6 Å². The van der Waals surface area contributed by atoms with Crippen molar-refractivity contribution in [2.45, 2.75) is 19.0 Å². The number of anilines is 2. The predicted molar refractivity (Wildman–Crippen MR) is 126 cm³/mol. The number of pyridine rings is 2. The molecular formula is C22H24N10O. The zero-order valence-corrected chi connectivity index (χ0v) is 18.7. The molecule has 4 aromatic rings. The monoisotopic (exact) mass is 444 g/mol. The van der Waals surface area contributed by atoms with Crippen molar-refractivity contribution in [2.24, 2.45) is 4.99 Å². The molecule has 0 bridgehead atoms. The first kappa shape index (κ1) is 20.6. The second kappa shape index (κ2) is 8.01. The van der Waals surface area contributed by atoms with Gasteiger partial charge in [-0.05, 0) is 13.0 Å². The van der Waals surface area contributed by atoms with Gasteiger partial charge in [-0.15, -0.1) is 0 Å². The van der Waals surface area contributed by atoms with E-state index in [1.807, 2.05) is 32.0 Å². The summed E-state index contributed by atoms with van der Waals surface area (Å²) in [4.78, 5) is 44.1. The summed E-state index contributed by atoms with van der Waals surface area (Å²) in [6.45, 7) is 1.99. The number of nitrogens with one attached hydrogen (secondary N) is 4. The first-order valence-corrected chi connectivity index (χ1v) is 10.5. The SMILES string of the molecule is CN/C=c1/[nH]c(=O)c(-c2nc3cnc(N(C)C)cc3[nH]2)c2c1=NC(C)[C@@H](c1ncccn1)N2. The summed E-state index contributed by atoms with van der Waals surface area (Å²) in [5.41, 5.74) is 2.11. The second-order valence-corrected chi connectivity index (χ2v) is 8.04. The molecule has 5 rings (SSSR count). The minimum atomic E-state index is -0.298. The van der Waals surface area contributed by atoms with Gasteiger partial charge in [-0.2, -0.15) is 0 Å². The maximum absolute atomic E-state index is 13.3. The van der Waals surface area contributed by atoms with Gasteiger partial charge in [-0.1, -0.05) is 0 Å². The highest BCUT2D eigenvalue weighted by Crippen LogP contribution is 2.29. The number of imidazole rings is 1. The predicted octanol–water partition coefficient (Wildman–Crippen LogP) is 0.302. The lowest BCUT2D eigenvalue weighted by Gasteiger charge is -2.27. The summed E-state index contributed by atoms with van der Waals surface area (Å²) < 4.78 is 0. The Bertz CT molecular complexity index is 1510. The normalized spacial score (nSPS) is 17.9. The molecule has 0 aliphatic carbocycles. The fourth-order valence-electron chi connectivity index (χ4n) is 3.93. The number of rotatable bonds is 4. The van der Waals surface area contributed by atoms with E-state index in [2.05, 4.69) is 40.5 Å². The first-order chi connectivity index (χ1) is 16.0. The molecule has 0 amide bonds. The Kier molecular flexibility index (Phi) is 5.00. The Balaban J connectivity index is 1.74. The van der Waals surface area contributed by atoms with E-state index in [1.165, 1.54) is 0 Å². The van der Waals surface area contributed by atoms with E-state index in [1.54, 1.807) is 37.9 Å². The molecule has 168 valence electrons. The van der Waals surface area contributed by atoms with Crippen LogP contribution in [0, 0.1) is 0 Å². The zero-order chi connectivity index (χ0) is 23.1. The van der Waals surface area contributed by atoms with Crippen LogP contribution in [0.2, 0.25) is 0 Å². The quantitative estimate of drug-likeness (QED) is 0.352. The smallest absolute Gasteiger partial charge is 0.261 e. The van der Waals surface area contributed by atoms with Gasteiger partial charge in [0, 0.05) is 45.8 Å². The molecule has 11 nitrogen and oxygen atoms in total. The van der Waals surface area contributed by atoms with E-state index in [-0.39, 0.29) is 17.6 Å². The van der Waals surface area contributed by atoms with Crippen molar-refractivity contribution in [3.63, 3.8) is 0 Å². The maximum atomic E-state index is 13.3. The number of nitrogens with zero attached hydrogens (tertiary/aromatic N) is 6. The Labute approximate surface area is 188 Å². The average Bonchev–Trinajstić information content (AvgIpc) is 3.22. The van der Waals surface area contributed by atoms with Crippen molar-refractivity contribution in [2.75, 3.05) is 31.4 Å². The van der Waals surface area contributed by atoms with E-state index in [0.717, 1.165) is 11.3 Å². The third-order valence-electron chi connectivity index (χ3n) is 5.53. The Morgan fingerprint density at radius 3 is 2.67 bits per heavy atom. The fourth-order valence-corrected chi connectivity index (χ4v) is 3.93. The van der Waals surface area contributed by atoms with Crippen LogP contribution >= 0.6 is 0 Å². The van der Waals surface area contributed by atoms with E-state index in [4.69, 9.17) is 4.99 Å². The van der Waals surface area contributed by atoms with Crippen LogP contribution in [0.15, 0.2) is 40.5 Å². The molecule has 0 saturated carbocycles. The van der Waals surface area contributed by atoms with Gasteiger partial charge in [-0.3, -0.25) is 9.79 Å². The highest BCUT2D eigenvalue weighted by atomic mass is 16.1. The van der Waals surface area contributed by atoms with Gasteiger partial charge in [0.05, 0.1) is 28.8 Å². The zero-order valence-electron chi connectivity index (χ0n) is 18.7. The molecule has 2 atom stereocenters. The highest BCUT2D eigenvalue weighted by Gasteiger charge is 2.29. The summed E-state index contributed by atoms with van der Waals surface area (Å²) in [6.07, 6.45) is 6.79. The number of H-pyrrole nitrogens is 2. The molecule has 1 unspecified atom stereocenters. The molecule has 4 aromatic heterocycles. The van der Waals surface area contributed by atoms with Gasteiger partial charge in [0.15, 0.2) is 5.82 Å². The van der Waals surface area contributed by atoms with Crippen molar-refractivity contribution in [1.29, 1.82) is 0 Å². The summed E-state index contributed by atoms with van der Waals surface area (Å²) >= 11 is 0. The Morgan fingerprint density at radius 1 is 1.15 bits per heavy atom. The number of aromatic amines is 2. The summed E-state index contributed by atoms with van der Waals surface area (Å²) in [5, 5.41) is 7.67. The highest BCUT2D eigenvalue weighted by molar-refractivity contribution is 5.84. The van der Waals surface area contributed by atoms with Crippen molar-refractivity contribution < 1.29 is 0 Å². The van der Waals surface area contributed by atoms with Crippen LogP contribution < -0.4 is 31.8 Å². The average molecular weight is 445 g/mol. The summed E-state index contributed by atoms with van der Waals surface area (Å²) in [6, 6.07) is 3.21. The lowest BCUT2D eigenvalue weighted by Crippen LogP contribution is -2.45. The maximum Gasteiger partial charge on any atom is 0.261 e. The van der Waals surface area contributed by atoms with Crippen LogP contribution in [-0.4, -0.2) is 57.1 Å². The van der Waals surface area contributed by atoms with Gasteiger partial charge >= 0.3 is 0 Å². The van der Waals surface area contributed by atoms with Crippen LogP contribution in [0.3, 0.4) is 0 Å². The molecule has 1 aliphatic rings. The number of fused-ring (bicyclic) bond motifs is 2. The van der Waals surface area contributed by atoms with E-state index < -0.39 is 0 Å². The van der Waals surface area contributed by atoms with Crippen molar-refractivity contribution >= 4 is 28.7 Å². The van der Waals surface area contributed by atoms with E-state index >= 15 is 0 Å². The second-order valence-electron chi connectivity index (χ2n) is 8.04. The lowest BCUT2D eigenvalue weighted by atomic mass is 10.0. The van der Waals surface area contributed by atoms with Crippen molar-refractivity contribution in [3.8, 4) is 11.4 Å². The van der Waals surface area contributed by atoms with Gasteiger partial charge in [0.25, 0.3) is 5.56 Å². The lowest BCUT2D eigenvalue weighted by molar-refractivity contribution is 0.567. The van der Waals surface area contributed by atoms with Gasteiger partial charge in [0.1, 0.15) is 34.1 Å². The van der Waals surface area contributed by atoms with Crippen LogP contribution in [0.25, 0.3) is 28.6 Å². The largest absolute Gasteiger partial charge is 0.392 e. The molecule has 0 saturated heterocycles. The molecule has 4 N–H and O–H groups in total. The topological polar surface area (TPSA) is 140 Å². The van der Waals surface area contributed by atoms with Crippen LogP contribution in [-0.2, 0) is 0 Å². The molecule has 1 aliphatic heterocycles. The van der Waals surface area contributed by atoms with Crippen LogP contribution in [0.1, 0.15) is 18.8 Å². The first-order valence-electron chi connectivity index (χ1n) is 10.5. The minimum absolute atomic E-state index is 0.162. The molecule has 0 radical (unpaired) electrons. The van der Waals surface area contributed by atoms with E-state index in [9.17, 15) is 4.79 Å². The fraction of sp³-hybridized carbons (Fsp3) is 0.273. The molecule has 33 heavy (non-hydrogen) atoms. The molecule has 11 heteroatoms. The third kappa shape index (κ3) is 3.56. The third-order valence-corrected chi connectivity index (χ3v) is 5.53. The molecule has 0 spiro atoms. The molecule has 5 heterocycles. The van der Waals surface area contributed by atoms with Gasteiger partial charge < -0.3 is 25.5 Å². The van der Waals surface area contributed by atoms with Gasteiger partial charge in [-0.25, -0.2) is 19.9 Å². The number of aromatic nitrogens is 6. The standard InChI is InChI=1S/C22H24N10O/c1-11-17(21-24-6-5-7-25-21)31-19-16(22(33)30-14(9-23-2)18(19)27-11)20-28-12-8-15(32(3)4)26-10-13(12)29-20/h5-11,17,23,31H,1-4H3,(H,28,29)(H,30,33)/b14-9+/t11?,17-/m0/s1. The summed E-state index contributed by atoms with van der Waals surface area (Å²) in [5.74, 6) is 1.83. The summed E-state index contributed by atoms with van der Waals surface area (Å²) in [7, 11) is 5.61. The molecular weight excluding hydrogens is 420 g/mol. The van der Waals surface area contributed by atoms with E-state index in [0.29, 0.717) is 39.1 Å². The van der Waals surface area contributed by atoms with Crippen LogP contribution in [0.4, 0.5) is 11.5 Å². The Morgan fingerprint density at radius 2 is 1.94 bits per heavy atom. The molecule has 0 aromatic carbocycles. The number of hydrogen-bond donors (Lipinski definition) is 4. The van der Waals surface area contributed by atoms with Gasteiger partial charge in [0.2, 0.25) is 0 Å². The van der Waals surface area contributed by atoms with Crippen LogP contribution in [0.5, 0.6) is 0 Å². The molecule has 0 fully saturated rings. The minimum Gasteiger partial charge on any atom is -0.392 e. The van der Waals surface area contributed by atoms with Crippen molar-refractivity contribution in [1.82, 2.24) is 35.2 Å². The number of hydrogen-bond acceptors (Lipinski definition) is 9.